The van der Waals surface area contributed by atoms with Gasteiger partial charge in [0.2, 0.25) is 5.91 Å². The van der Waals surface area contributed by atoms with Crippen molar-refractivity contribution in [3.63, 3.8) is 0 Å². The first-order chi connectivity index (χ1) is 10.1. The van der Waals surface area contributed by atoms with Gasteiger partial charge >= 0.3 is 5.97 Å². The van der Waals surface area contributed by atoms with E-state index in [4.69, 9.17) is 5.73 Å². The molecule has 7 heteroatoms. The first-order valence-electron chi connectivity index (χ1n) is 6.34. The first-order valence-corrected chi connectivity index (χ1v) is 7.39. The van der Waals surface area contributed by atoms with Crippen molar-refractivity contribution in [2.24, 2.45) is 5.73 Å². The Hall–Kier alpha value is -2.12. The predicted octanol–water partition coefficient (Wildman–Crippen LogP) is 0.676. The Morgan fingerprint density at radius 3 is 3.00 bits per heavy atom. The molecule has 0 saturated carbocycles. The number of aliphatic carboxylic acids is 1. The highest BCUT2D eigenvalue weighted by Gasteiger charge is 2.51. The number of rotatable bonds is 3. The topological polar surface area (TPSA) is 96.5 Å². The summed E-state index contributed by atoms with van der Waals surface area (Å²) in [5.41, 5.74) is 7.20. The normalized spacial score (nSPS) is 25.0. The van der Waals surface area contributed by atoms with Gasteiger partial charge in [-0.25, -0.2) is 4.79 Å². The molecule has 0 aliphatic carbocycles. The molecule has 0 radical (unpaired) electrons. The van der Waals surface area contributed by atoms with Crippen molar-refractivity contribution < 1.29 is 14.7 Å². The van der Waals surface area contributed by atoms with E-state index >= 15 is 0 Å². The molecule has 1 fully saturated rings. The summed E-state index contributed by atoms with van der Waals surface area (Å²) < 4.78 is 0. The van der Waals surface area contributed by atoms with Crippen LogP contribution >= 0.6 is 11.8 Å². The number of carboxylic acids is 1. The first kappa shape index (κ1) is 13.8. The molecule has 2 atom stereocenters. The van der Waals surface area contributed by atoms with Gasteiger partial charge in [0.05, 0.1) is 0 Å². The molecule has 2 aliphatic heterocycles. The molecular weight excluding hydrogens is 290 g/mol. The number of allylic oxidation sites excluding steroid dienone is 1. The third kappa shape index (κ3) is 2.34. The van der Waals surface area contributed by atoms with Crippen LogP contribution in [-0.4, -0.2) is 44.0 Å². The minimum absolute atomic E-state index is 0.0330. The highest BCUT2D eigenvalue weighted by molar-refractivity contribution is 8.00. The number of aromatic nitrogens is 1. The van der Waals surface area contributed by atoms with Crippen molar-refractivity contribution in [3.05, 3.63) is 47.4 Å². The lowest BCUT2D eigenvalue weighted by Gasteiger charge is -2.47. The van der Waals surface area contributed by atoms with Crippen molar-refractivity contribution in [2.75, 3.05) is 5.75 Å². The molecule has 0 bridgehead atoms. The van der Waals surface area contributed by atoms with E-state index in [9.17, 15) is 14.7 Å². The van der Waals surface area contributed by atoms with Crippen LogP contribution in [0.25, 0.3) is 6.08 Å². The van der Waals surface area contributed by atoms with Crippen LogP contribution in [0.4, 0.5) is 0 Å². The lowest BCUT2D eigenvalue weighted by Crippen LogP contribution is -2.68. The third-order valence-corrected chi connectivity index (χ3v) is 4.73. The fraction of sp³-hybridized carbons (Fsp3) is 0.214. The number of β-lactam (4-membered cyclic amide) rings is 1. The molecule has 21 heavy (non-hydrogen) atoms. The summed E-state index contributed by atoms with van der Waals surface area (Å²) >= 11 is 1.48. The van der Waals surface area contributed by atoms with Gasteiger partial charge in [-0.2, -0.15) is 0 Å². The van der Waals surface area contributed by atoms with Gasteiger partial charge in [-0.1, -0.05) is 18.2 Å². The number of nitrogens with two attached hydrogens (primary N) is 1. The third-order valence-electron chi connectivity index (χ3n) is 3.40. The maximum atomic E-state index is 11.8. The second kappa shape index (κ2) is 5.34. The minimum atomic E-state index is -1.11. The van der Waals surface area contributed by atoms with Crippen LogP contribution < -0.4 is 5.73 Å². The number of pyridine rings is 1. The molecule has 1 aromatic rings. The van der Waals surface area contributed by atoms with Crippen molar-refractivity contribution >= 4 is 29.7 Å². The molecule has 3 rings (SSSR count). The molecule has 0 aromatic carbocycles. The quantitative estimate of drug-likeness (QED) is 0.797. The van der Waals surface area contributed by atoms with Gasteiger partial charge in [-0.15, -0.1) is 11.8 Å². The molecule has 1 saturated heterocycles. The fourth-order valence-electron chi connectivity index (χ4n) is 2.34. The fourth-order valence-corrected chi connectivity index (χ4v) is 3.60. The van der Waals surface area contributed by atoms with Crippen LogP contribution in [0.3, 0.4) is 0 Å². The summed E-state index contributed by atoms with van der Waals surface area (Å²) in [6.07, 6.45) is 6.86. The molecule has 3 heterocycles. The Labute approximate surface area is 125 Å². The maximum absolute atomic E-state index is 11.8. The summed E-state index contributed by atoms with van der Waals surface area (Å²) in [7, 11) is 0. The number of nitrogens with zero attached hydrogens (tertiary/aromatic N) is 2. The largest absolute Gasteiger partial charge is 0.477 e. The molecular formula is C14H13N3O3S. The molecule has 2 aliphatic rings. The van der Waals surface area contributed by atoms with E-state index in [1.165, 1.54) is 16.7 Å². The zero-order valence-electron chi connectivity index (χ0n) is 11.0. The SMILES string of the molecule is N[C@@H]1C(=O)N2C(C(=O)O)=C(/C=C\c3cccnc3)CS[C@@H]12. The average molecular weight is 303 g/mol. The van der Waals surface area contributed by atoms with Crippen LogP contribution in [0, 0.1) is 0 Å². The van der Waals surface area contributed by atoms with E-state index in [0.29, 0.717) is 11.3 Å². The summed E-state index contributed by atoms with van der Waals surface area (Å²) in [4.78, 5) is 28.5. The van der Waals surface area contributed by atoms with Crippen LogP contribution in [-0.2, 0) is 9.59 Å². The van der Waals surface area contributed by atoms with Crippen molar-refractivity contribution in [1.29, 1.82) is 0 Å². The molecule has 1 aromatic heterocycles. The zero-order valence-corrected chi connectivity index (χ0v) is 11.8. The molecule has 0 unspecified atom stereocenters. The molecule has 3 N–H and O–H groups in total. The van der Waals surface area contributed by atoms with E-state index in [2.05, 4.69) is 4.98 Å². The maximum Gasteiger partial charge on any atom is 0.352 e. The van der Waals surface area contributed by atoms with Crippen molar-refractivity contribution in [2.45, 2.75) is 11.4 Å². The Bertz CT molecular complexity index is 657. The second-order valence-corrected chi connectivity index (χ2v) is 5.84. The number of hydrogen-bond donors (Lipinski definition) is 2. The zero-order chi connectivity index (χ0) is 15.0. The Morgan fingerprint density at radius 2 is 2.33 bits per heavy atom. The van der Waals surface area contributed by atoms with Gasteiger partial charge in [-0.05, 0) is 17.2 Å². The molecule has 0 spiro atoms. The Balaban J connectivity index is 1.93. The van der Waals surface area contributed by atoms with E-state index in [0.717, 1.165) is 5.56 Å². The standard InChI is InChI=1S/C14H13N3O3S/c15-10-12(18)17-11(14(19)20)9(7-21-13(10)17)4-3-8-2-1-5-16-6-8/h1-6,10,13H,7,15H2,(H,19,20)/b4-3-/t10-,13+/m1/s1. The summed E-state index contributed by atoms with van der Waals surface area (Å²) in [6.45, 7) is 0. The van der Waals surface area contributed by atoms with Crippen molar-refractivity contribution in [1.82, 2.24) is 9.88 Å². The summed E-state index contributed by atoms with van der Waals surface area (Å²) in [6, 6.07) is 3.07. The number of fused-ring (bicyclic) bond motifs is 1. The van der Waals surface area contributed by atoms with Crippen molar-refractivity contribution in [3.8, 4) is 0 Å². The number of carbonyl (C=O) groups is 2. The van der Waals surface area contributed by atoms with E-state index in [1.54, 1.807) is 30.6 Å². The van der Waals surface area contributed by atoms with E-state index in [-0.39, 0.29) is 17.0 Å². The van der Waals surface area contributed by atoms with E-state index in [1.807, 2.05) is 6.07 Å². The van der Waals surface area contributed by atoms with Gasteiger partial charge in [0.25, 0.3) is 0 Å². The van der Waals surface area contributed by atoms with Gasteiger partial charge in [0.1, 0.15) is 17.1 Å². The lowest BCUT2D eigenvalue weighted by molar-refractivity contribution is -0.147. The number of thioether (sulfide) groups is 1. The number of carbonyl (C=O) groups excluding carboxylic acids is 1. The predicted molar refractivity (Wildman–Crippen MR) is 79.0 cm³/mol. The monoisotopic (exact) mass is 303 g/mol. The highest BCUT2D eigenvalue weighted by atomic mass is 32.2. The number of hydrogen-bond acceptors (Lipinski definition) is 5. The Morgan fingerprint density at radius 1 is 1.52 bits per heavy atom. The van der Waals surface area contributed by atoms with Gasteiger partial charge < -0.3 is 10.8 Å². The molecule has 108 valence electrons. The van der Waals surface area contributed by atoms with Crippen LogP contribution in [0.5, 0.6) is 0 Å². The summed E-state index contributed by atoms with van der Waals surface area (Å²) in [5.74, 6) is -0.927. The Kier molecular flexibility index (Phi) is 3.52. The molecule has 1 amide bonds. The minimum Gasteiger partial charge on any atom is -0.477 e. The molecule has 6 nitrogen and oxygen atoms in total. The van der Waals surface area contributed by atoms with Gasteiger partial charge in [0.15, 0.2) is 0 Å². The lowest BCUT2D eigenvalue weighted by atomic mass is 10.0. The van der Waals surface area contributed by atoms with E-state index < -0.39 is 12.0 Å². The summed E-state index contributed by atoms with van der Waals surface area (Å²) in [5, 5.41) is 9.12. The van der Waals surface area contributed by atoms with Crippen LogP contribution in [0.1, 0.15) is 5.56 Å². The number of amides is 1. The highest BCUT2D eigenvalue weighted by Crippen LogP contribution is 2.39. The number of carboxylic acid groups (broad SMARTS) is 1. The van der Waals surface area contributed by atoms with Gasteiger partial charge in [-0.3, -0.25) is 14.7 Å². The van der Waals surface area contributed by atoms with Crippen LogP contribution in [0.2, 0.25) is 0 Å². The van der Waals surface area contributed by atoms with Gasteiger partial charge in [0, 0.05) is 18.1 Å². The average Bonchev–Trinajstić information content (AvgIpc) is 2.52. The van der Waals surface area contributed by atoms with Crippen LogP contribution in [0.15, 0.2) is 41.9 Å². The smallest absolute Gasteiger partial charge is 0.352 e. The second-order valence-electron chi connectivity index (χ2n) is 4.73.